The molecule has 8 heteroatoms. The third-order valence-corrected chi connectivity index (χ3v) is 2.64. The number of hydrogen-bond donors (Lipinski definition) is 2. The molecular weight excluding hydrogens is 279 g/mol. The number of nitro benzene ring substituents is 1. The highest BCUT2D eigenvalue weighted by molar-refractivity contribution is 6.34. The van der Waals surface area contributed by atoms with E-state index in [1.165, 1.54) is 0 Å². The monoisotopic (exact) mass is 290 g/mol. The zero-order chi connectivity index (χ0) is 14.8. The van der Waals surface area contributed by atoms with E-state index in [2.05, 4.69) is 5.32 Å². The second kappa shape index (κ2) is 5.50. The fourth-order valence-corrected chi connectivity index (χ4v) is 1.50. The van der Waals surface area contributed by atoms with Crippen LogP contribution in [0.5, 0.6) is 0 Å². The van der Waals surface area contributed by atoms with E-state index < -0.39 is 27.9 Å². The maximum absolute atomic E-state index is 13.3. The first kappa shape index (κ1) is 15.3. The second-order valence-electron chi connectivity index (χ2n) is 4.54. The van der Waals surface area contributed by atoms with Gasteiger partial charge in [0.1, 0.15) is 0 Å². The lowest BCUT2D eigenvalue weighted by Crippen LogP contribution is -2.46. The van der Waals surface area contributed by atoms with Crippen molar-refractivity contribution in [1.29, 1.82) is 0 Å². The number of nitro groups is 1. The molecule has 1 amide bonds. The van der Waals surface area contributed by atoms with E-state index in [0.717, 1.165) is 6.07 Å². The molecule has 1 rings (SSSR count). The number of halogens is 2. The molecule has 0 saturated heterocycles. The topological polar surface area (TPSA) is 92.5 Å². The summed E-state index contributed by atoms with van der Waals surface area (Å²) in [5, 5.41) is 21.8. The number of hydrogen-bond acceptors (Lipinski definition) is 4. The molecule has 0 spiro atoms. The highest BCUT2D eigenvalue weighted by atomic mass is 35.5. The first-order valence-corrected chi connectivity index (χ1v) is 5.62. The molecule has 1 aromatic carbocycles. The molecule has 1 aromatic rings. The van der Waals surface area contributed by atoms with Crippen LogP contribution in [0.1, 0.15) is 24.2 Å². The van der Waals surface area contributed by atoms with Gasteiger partial charge in [-0.3, -0.25) is 14.9 Å². The molecule has 0 bridgehead atoms. The minimum Gasteiger partial charge on any atom is -0.394 e. The standard InChI is InChI=1S/C11H12ClFN2O4/c1-11(2,5-16)14-10(17)6-3-9(15(18)19)8(13)4-7(6)12/h3-4,16H,5H2,1-2H3,(H,14,17). The summed E-state index contributed by atoms with van der Waals surface area (Å²) in [7, 11) is 0. The van der Waals surface area contributed by atoms with Crippen LogP contribution < -0.4 is 5.32 Å². The van der Waals surface area contributed by atoms with Crippen LogP contribution in [0, 0.1) is 15.9 Å². The highest BCUT2D eigenvalue weighted by Crippen LogP contribution is 2.26. The minimum absolute atomic E-state index is 0.226. The lowest BCUT2D eigenvalue weighted by molar-refractivity contribution is -0.387. The van der Waals surface area contributed by atoms with E-state index in [1.54, 1.807) is 13.8 Å². The SMILES string of the molecule is CC(C)(CO)NC(=O)c1cc([N+](=O)[O-])c(F)cc1Cl. The van der Waals surface area contributed by atoms with Crippen LogP contribution in [0.4, 0.5) is 10.1 Å². The number of amides is 1. The van der Waals surface area contributed by atoms with Crippen LogP contribution in [0.2, 0.25) is 5.02 Å². The fraction of sp³-hybridized carbons (Fsp3) is 0.364. The van der Waals surface area contributed by atoms with Crippen molar-refractivity contribution < 1.29 is 19.2 Å². The van der Waals surface area contributed by atoms with Crippen LogP contribution in [0.25, 0.3) is 0 Å². The lowest BCUT2D eigenvalue weighted by Gasteiger charge is -2.23. The van der Waals surface area contributed by atoms with E-state index >= 15 is 0 Å². The number of aliphatic hydroxyl groups excluding tert-OH is 1. The molecule has 0 fully saturated rings. The molecule has 0 aliphatic heterocycles. The Balaban J connectivity index is 3.17. The Labute approximate surface area is 113 Å². The van der Waals surface area contributed by atoms with Crippen molar-refractivity contribution in [2.24, 2.45) is 0 Å². The third kappa shape index (κ3) is 3.62. The molecular formula is C11H12ClFN2O4. The van der Waals surface area contributed by atoms with Crippen LogP contribution in [0.3, 0.4) is 0 Å². The Morgan fingerprint density at radius 3 is 2.63 bits per heavy atom. The number of benzene rings is 1. The van der Waals surface area contributed by atoms with Gasteiger partial charge in [0.2, 0.25) is 5.82 Å². The number of nitrogens with zero attached hydrogens (tertiary/aromatic N) is 1. The predicted octanol–water partition coefficient (Wildman–Crippen LogP) is 1.89. The minimum atomic E-state index is -1.12. The maximum atomic E-state index is 13.3. The third-order valence-electron chi connectivity index (χ3n) is 2.33. The molecule has 19 heavy (non-hydrogen) atoms. The molecule has 6 nitrogen and oxygen atoms in total. The van der Waals surface area contributed by atoms with Crippen LogP contribution in [-0.4, -0.2) is 28.1 Å². The van der Waals surface area contributed by atoms with Crippen molar-refractivity contribution in [2.75, 3.05) is 6.61 Å². The number of rotatable bonds is 4. The number of carbonyl (C=O) groups is 1. The average Bonchev–Trinajstić information content (AvgIpc) is 2.27. The van der Waals surface area contributed by atoms with Crippen molar-refractivity contribution in [1.82, 2.24) is 5.32 Å². The Bertz CT molecular complexity index is 534. The van der Waals surface area contributed by atoms with Crippen LogP contribution >= 0.6 is 11.6 Å². The van der Waals surface area contributed by atoms with Crippen LogP contribution in [-0.2, 0) is 0 Å². The Morgan fingerprint density at radius 2 is 2.16 bits per heavy atom. The first-order valence-electron chi connectivity index (χ1n) is 5.25. The summed E-state index contributed by atoms with van der Waals surface area (Å²) >= 11 is 5.69. The van der Waals surface area contributed by atoms with Gasteiger partial charge in [0.15, 0.2) is 0 Å². The van der Waals surface area contributed by atoms with Crippen molar-refractivity contribution in [2.45, 2.75) is 19.4 Å². The summed E-state index contributed by atoms with van der Waals surface area (Å²) in [6, 6.07) is 1.47. The molecule has 0 aliphatic carbocycles. The zero-order valence-corrected chi connectivity index (χ0v) is 11.0. The van der Waals surface area contributed by atoms with Crippen molar-refractivity contribution in [3.63, 3.8) is 0 Å². The fourth-order valence-electron chi connectivity index (χ4n) is 1.27. The molecule has 104 valence electrons. The molecule has 2 N–H and O–H groups in total. The van der Waals surface area contributed by atoms with Gasteiger partial charge in [-0.15, -0.1) is 0 Å². The van der Waals surface area contributed by atoms with Crippen LogP contribution in [0.15, 0.2) is 12.1 Å². The number of nitrogens with one attached hydrogen (secondary N) is 1. The molecule has 0 aliphatic rings. The number of carbonyl (C=O) groups excluding carboxylic acids is 1. The summed E-state index contributed by atoms with van der Waals surface area (Å²) in [6.07, 6.45) is 0. The molecule has 0 atom stereocenters. The van der Waals surface area contributed by atoms with E-state index in [4.69, 9.17) is 16.7 Å². The lowest BCUT2D eigenvalue weighted by atomic mass is 10.1. The van der Waals surface area contributed by atoms with Gasteiger partial charge in [0.05, 0.1) is 27.7 Å². The first-order chi connectivity index (χ1) is 8.68. The second-order valence-corrected chi connectivity index (χ2v) is 4.94. The van der Waals surface area contributed by atoms with Crippen molar-refractivity contribution in [3.05, 3.63) is 38.7 Å². The van der Waals surface area contributed by atoms with E-state index in [0.29, 0.717) is 6.07 Å². The summed E-state index contributed by atoms with van der Waals surface area (Å²) in [5.41, 5.74) is -1.99. The smallest absolute Gasteiger partial charge is 0.305 e. The van der Waals surface area contributed by atoms with Gasteiger partial charge >= 0.3 is 5.69 Å². The molecule has 0 heterocycles. The van der Waals surface area contributed by atoms with E-state index in [9.17, 15) is 19.3 Å². The molecule has 0 saturated carbocycles. The normalized spacial score (nSPS) is 11.2. The van der Waals surface area contributed by atoms with Gasteiger partial charge in [-0.05, 0) is 13.8 Å². The highest BCUT2D eigenvalue weighted by Gasteiger charge is 2.25. The van der Waals surface area contributed by atoms with Gasteiger partial charge in [0.25, 0.3) is 5.91 Å². The summed E-state index contributed by atoms with van der Waals surface area (Å²) in [4.78, 5) is 21.5. The number of aliphatic hydroxyl groups is 1. The maximum Gasteiger partial charge on any atom is 0.305 e. The zero-order valence-electron chi connectivity index (χ0n) is 10.2. The summed E-state index contributed by atoms with van der Waals surface area (Å²) in [6.45, 7) is 2.77. The molecule has 0 aromatic heterocycles. The van der Waals surface area contributed by atoms with Gasteiger partial charge in [-0.2, -0.15) is 4.39 Å². The Morgan fingerprint density at radius 1 is 1.58 bits per heavy atom. The van der Waals surface area contributed by atoms with Crippen molar-refractivity contribution in [3.8, 4) is 0 Å². The Hall–Kier alpha value is -1.73. The summed E-state index contributed by atoms with van der Waals surface area (Å²) in [5.74, 6) is -1.85. The molecule has 0 radical (unpaired) electrons. The van der Waals surface area contributed by atoms with Gasteiger partial charge < -0.3 is 10.4 Å². The summed E-state index contributed by atoms with van der Waals surface area (Å²) < 4.78 is 13.3. The van der Waals surface area contributed by atoms with E-state index in [-0.39, 0.29) is 17.2 Å². The predicted molar refractivity (Wildman–Crippen MR) is 66.7 cm³/mol. The molecule has 0 unspecified atom stereocenters. The largest absolute Gasteiger partial charge is 0.394 e. The van der Waals surface area contributed by atoms with Crippen molar-refractivity contribution >= 4 is 23.2 Å². The van der Waals surface area contributed by atoms with Gasteiger partial charge in [0, 0.05) is 12.1 Å². The van der Waals surface area contributed by atoms with Gasteiger partial charge in [-0.1, -0.05) is 11.6 Å². The average molecular weight is 291 g/mol. The van der Waals surface area contributed by atoms with E-state index in [1.807, 2.05) is 0 Å². The Kier molecular flexibility index (Phi) is 4.43. The van der Waals surface area contributed by atoms with Gasteiger partial charge in [-0.25, -0.2) is 0 Å². The quantitative estimate of drug-likeness (QED) is 0.654.